The molecule has 1 atom stereocenters. The van der Waals surface area contributed by atoms with Crippen molar-refractivity contribution in [2.75, 3.05) is 36.9 Å². The second-order valence-electron chi connectivity index (χ2n) is 10.4. The highest BCUT2D eigenvalue weighted by atomic mass is 32.2. The fourth-order valence-electron chi connectivity index (χ4n) is 5.30. The molecule has 1 saturated carbocycles. The van der Waals surface area contributed by atoms with Crippen LogP contribution in [0.5, 0.6) is 17.2 Å². The number of methoxy groups -OCH3 is 1. The van der Waals surface area contributed by atoms with Crippen molar-refractivity contribution in [3.05, 3.63) is 48.0 Å². The van der Waals surface area contributed by atoms with Crippen molar-refractivity contribution in [1.29, 1.82) is 0 Å². The molecule has 224 valence electrons. The number of carbonyl (C=O) groups excluding carboxylic acids is 2. The van der Waals surface area contributed by atoms with Gasteiger partial charge in [0.1, 0.15) is 31.5 Å². The first-order valence-corrected chi connectivity index (χ1v) is 16.0. The Kier molecular flexibility index (Phi) is 10.4. The SMILES string of the molecule is CC[C@@H](C(=O)NC1CCCCC1)N(Cc1ccc(OC)cc1)C(=O)CN(c1ccc2c(c1)OCCO2)S(=O)(=O)CC. The maximum absolute atomic E-state index is 14.1. The average Bonchev–Trinajstić information content (AvgIpc) is 3.00. The van der Waals surface area contributed by atoms with E-state index >= 15 is 0 Å². The van der Waals surface area contributed by atoms with Gasteiger partial charge in [-0.05, 0) is 56.0 Å². The van der Waals surface area contributed by atoms with Crippen LogP contribution in [-0.4, -0.2) is 69.8 Å². The lowest BCUT2D eigenvalue weighted by Crippen LogP contribution is -2.54. The molecule has 11 heteroatoms. The van der Waals surface area contributed by atoms with Gasteiger partial charge in [-0.15, -0.1) is 0 Å². The second kappa shape index (κ2) is 13.9. The van der Waals surface area contributed by atoms with Crippen molar-refractivity contribution >= 4 is 27.5 Å². The monoisotopic (exact) mass is 587 g/mol. The topological polar surface area (TPSA) is 114 Å². The van der Waals surface area contributed by atoms with Crippen molar-refractivity contribution in [3.8, 4) is 17.2 Å². The Morgan fingerprint density at radius 1 is 1.00 bits per heavy atom. The fraction of sp³-hybridized carbons (Fsp3) is 0.533. The maximum Gasteiger partial charge on any atom is 0.244 e. The van der Waals surface area contributed by atoms with Gasteiger partial charge in [0.25, 0.3) is 0 Å². The summed E-state index contributed by atoms with van der Waals surface area (Å²) in [6.07, 6.45) is 5.51. The number of hydrogen-bond acceptors (Lipinski definition) is 7. The van der Waals surface area contributed by atoms with Crippen LogP contribution in [0.1, 0.15) is 57.9 Å². The first-order valence-electron chi connectivity index (χ1n) is 14.4. The Labute approximate surface area is 243 Å². The molecule has 1 N–H and O–H groups in total. The number of anilines is 1. The molecule has 2 amide bonds. The molecule has 41 heavy (non-hydrogen) atoms. The van der Waals surface area contributed by atoms with E-state index in [4.69, 9.17) is 14.2 Å². The molecule has 1 fully saturated rings. The van der Waals surface area contributed by atoms with E-state index in [1.165, 1.54) is 11.8 Å². The van der Waals surface area contributed by atoms with Gasteiger partial charge in [0, 0.05) is 18.7 Å². The summed E-state index contributed by atoms with van der Waals surface area (Å²) >= 11 is 0. The van der Waals surface area contributed by atoms with Crippen LogP contribution in [0.15, 0.2) is 42.5 Å². The summed E-state index contributed by atoms with van der Waals surface area (Å²) in [7, 11) is -2.28. The molecule has 0 saturated heterocycles. The average molecular weight is 588 g/mol. The number of carbonyl (C=O) groups is 2. The summed E-state index contributed by atoms with van der Waals surface area (Å²) in [5, 5.41) is 3.15. The van der Waals surface area contributed by atoms with E-state index in [1.54, 1.807) is 37.4 Å². The molecule has 0 spiro atoms. The summed E-state index contributed by atoms with van der Waals surface area (Å²) in [5.41, 5.74) is 1.10. The van der Waals surface area contributed by atoms with E-state index in [0.29, 0.717) is 42.6 Å². The summed E-state index contributed by atoms with van der Waals surface area (Å²) < 4.78 is 44.2. The standard InChI is InChI=1S/C30H41N3O7S/c1-4-26(30(35)31-23-9-7-6-8-10-23)32(20-22-11-14-25(38-3)15-12-22)29(34)21-33(41(36,37)5-2)24-13-16-27-28(19-24)40-18-17-39-27/h11-16,19,23,26H,4-10,17-18,20-21H2,1-3H3,(H,31,35)/t26-/m0/s1. The van der Waals surface area contributed by atoms with Gasteiger partial charge < -0.3 is 24.4 Å². The predicted molar refractivity (Wildman–Crippen MR) is 157 cm³/mol. The van der Waals surface area contributed by atoms with Crippen LogP contribution in [0, 0.1) is 0 Å². The van der Waals surface area contributed by atoms with Gasteiger partial charge in [0.05, 0.1) is 18.6 Å². The first kappa shape index (κ1) is 30.5. The molecule has 0 bridgehead atoms. The Morgan fingerprint density at radius 2 is 1.68 bits per heavy atom. The molecule has 2 aromatic carbocycles. The summed E-state index contributed by atoms with van der Waals surface area (Å²) in [5.74, 6) is 0.723. The minimum atomic E-state index is -3.85. The molecule has 0 radical (unpaired) electrons. The zero-order valence-corrected chi connectivity index (χ0v) is 25.0. The zero-order valence-electron chi connectivity index (χ0n) is 24.1. The number of sulfonamides is 1. The minimum absolute atomic E-state index is 0.0814. The normalized spacial score (nSPS) is 16.0. The molecular weight excluding hydrogens is 546 g/mol. The minimum Gasteiger partial charge on any atom is -0.497 e. The second-order valence-corrected chi connectivity index (χ2v) is 12.6. The highest BCUT2D eigenvalue weighted by molar-refractivity contribution is 7.92. The van der Waals surface area contributed by atoms with Crippen molar-refractivity contribution in [2.45, 2.75) is 71.0 Å². The lowest BCUT2D eigenvalue weighted by Gasteiger charge is -2.34. The number of rotatable bonds is 12. The molecule has 2 aliphatic rings. The number of hydrogen-bond donors (Lipinski definition) is 1. The van der Waals surface area contributed by atoms with Gasteiger partial charge in [-0.3, -0.25) is 13.9 Å². The van der Waals surface area contributed by atoms with Gasteiger partial charge in [-0.1, -0.05) is 38.3 Å². The number of amides is 2. The van der Waals surface area contributed by atoms with Crippen LogP contribution in [0.2, 0.25) is 0 Å². The number of ether oxygens (including phenoxy) is 3. The van der Waals surface area contributed by atoms with Crippen molar-refractivity contribution < 1.29 is 32.2 Å². The van der Waals surface area contributed by atoms with Gasteiger partial charge in [-0.25, -0.2) is 8.42 Å². The fourth-order valence-corrected chi connectivity index (χ4v) is 6.35. The molecule has 1 aliphatic heterocycles. The molecule has 0 unspecified atom stereocenters. The maximum atomic E-state index is 14.1. The molecule has 2 aromatic rings. The van der Waals surface area contributed by atoms with Crippen LogP contribution < -0.4 is 23.8 Å². The van der Waals surface area contributed by atoms with E-state index in [9.17, 15) is 18.0 Å². The molecule has 1 heterocycles. The Hall–Kier alpha value is -3.47. The highest BCUT2D eigenvalue weighted by Crippen LogP contribution is 2.35. The van der Waals surface area contributed by atoms with E-state index in [2.05, 4.69) is 5.32 Å². The smallest absolute Gasteiger partial charge is 0.244 e. The van der Waals surface area contributed by atoms with Crippen LogP contribution in [0.3, 0.4) is 0 Å². The molecule has 0 aromatic heterocycles. The van der Waals surface area contributed by atoms with Crippen LogP contribution in [0.4, 0.5) is 5.69 Å². The van der Waals surface area contributed by atoms with Crippen molar-refractivity contribution in [1.82, 2.24) is 10.2 Å². The molecule has 4 rings (SSSR count). The van der Waals surface area contributed by atoms with Gasteiger partial charge in [0.15, 0.2) is 11.5 Å². The van der Waals surface area contributed by atoms with Crippen LogP contribution in [-0.2, 0) is 26.2 Å². The van der Waals surface area contributed by atoms with Crippen molar-refractivity contribution in [2.24, 2.45) is 0 Å². The third-order valence-corrected chi connectivity index (χ3v) is 9.38. The highest BCUT2D eigenvalue weighted by Gasteiger charge is 2.33. The van der Waals surface area contributed by atoms with E-state index in [0.717, 1.165) is 42.0 Å². The lowest BCUT2D eigenvalue weighted by molar-refractivity contribution is -0.140. The van der Waals surface area contributed by atoms with Gasteiger partial charge >= 0.3 is 0 Å². The number of nitrogens with zero attached hydrogens (tertiary/aromatic N) is 2. The van der Waals surface area contributed by atoms with E-state index in [1.807, 2.05) is 19.1 Å². The molecular formula is C30H41N3O7S. The number of benzene rings is 2. The van der Waals surface area contributed by atoms with Crippen LogP contribution in [0.25, 0.3) is 0 Å². The third kappa shape index (κ3) is 7.63. The summed E-state index contributed by atoms with van der Waals surface area (Å²) in [6.45, 7) is 3.83. The Morgan fingerprint density at radius 3 is 2.32 bits per heavy atom. The van der Waals surface area contributed by atoms with E-state index < -0.39 is 28.5 Å². The number of nitrogens with one attached hydrogen (secondary N) is 1. The lowest BCUT2D eigenvalue weighted by atomic mass is 9.95. The largest absolute Gasteiger partial charge is 0.497 e. The van der Waals surface area contributed by atoms with Crippen molar-refractivity contribution in [3.63, 3.8) is 0 Å². The van der Waals surface area contributed by atoms with Crippen LogP contribution >= 0.6 is 0 Å². The Bertz CT molecular complexity index is 1290. The first-order chi connectivity index (χ1) is 19.7. The predicted octanol–water partition coefficient (Wildman–Crippen LogP) is 3.88. The van der Waals surface area contributed by atoms with E-state index in [-0.39, 0.29) is 24.2 Å². The van der Waals surface area contributed by atoms with Gasteiger partial charge in [0.2, 0.25) is 21.8 Å². The summed E-state index contributed by atoms with van der Waals surface area (Å²) in [6, 6.07) is 11.4. The molecule has 1 aliphatic carbocycles. The molecule has 10 nitrogen and oxygen atoms in total. The Balaban J connectivity index is 1.64. The quantitative estimate of drug-likeness (QED) is 0.401. The third-order valence-electron chi connectivity index (χ3n) is 7.64. The number of fused-ring (bicyclic) bond motifs is 1. The van der Waals surface area contributed by atoms with Gasteiger partial charge in [-0.2, -0.15) is 0 Å². The zero-order chi connectivity index (χ0) is 29.4. The summed E-state index contributed by atoms with van der Waals surface area (Å²) in [4.78, 5) is 29.1.